The van der Waals surface area contributed by atoms with Crippen molar-refractivity contribution in [3.63, 3.8) is 0 Å². The van der Waals surface area contributed by atoms with E-state index >= 15 is 0 Å². The van der Waals surface area contributed by atoms with Crippen molar-refractivity contribution in [2.75, 3.05) is 12.0 Å². The number of amidine groups is 1. The molecule has 4 aromatic carbocycles. The number of methoxy groups -OCH3 is 1. The second-order valence-electron chi connectivity index (χ2n) is 8.89. The highest BCUT2D eigenvalue weighted by Gasteiger charge is 2.35. The summed E-state index contributed by atoms with van der Waals surface area (Å²) in [5.41, 5.74) is -0.225. The molecule has 0 bridgehead atoms. The summed E-state index contributed by atoms with van der Waals surface area (Å²) in [5.74, 6) is -0.606. The molecular formula is C30H19BrF3N3O5S. The van der Waals surface area contributed by atoms with Gasteiger partial charge in [-0.25, -0.2) is 4.99 Å². The minimum Gasteiger partial charge on any atom is -0.493 e. The lowest BCUT2D eigenvalue weighted by Gasteiger charge is -2.15. The molecule has 0 N–H and O–H groups in total. The van der Waals surface area contributed by atoms with Gasteiger partial charge in [0.2, 0.25) is 5.75 Å². The van der Waals surface area contributed by atoms with E-state index in [4.69, 9.17) is 9.47 Å². The van der Waals surface area contributed by atoms with Crippen molar-refractivity contribution in [3.05, 3.63) is 122 Å². The van der Waals surface area contributed by atoms with Crippen LogP contribution in [0.2, 0.25) is 0 Å². The summed E-state index contributed by atoms with van der Waals surface area (Å²) in [4.78, 5) is 30.7. The molecule has 0 aliphatic carbocycles. The minimum atomic E-state index is -4.77. The first-order valence-electron chi connectivity index (χ1n) is 12.4. The van der Waals surface area contributed by atoms with Crippen LogP contribution in [-0.4, -0.2) is 23.1 Å². The molecular weight excluding hydrogens is 651 g/mol. The van der Waals surface area contributed by atoms with Crippen LogP contribution in [0.1, 0.15) is 11.1 Å². The number of alkyl halides is 3. The monoisotopic (exact) mass is 669 g/mol. The van der Waals surface area contributed by atoms with E-state index in [9.17, 15) is 28.1 Å². The molecule has 218 valence electrons. The maximum Gasteiger partial charge on any atom is 0.416 e. The van der Waals surface area contributed by atoms with Crippen LogP contribution in [0.3, 0.4) is 0 Å². The third-order valence-electron chi connectivity index (χ3n) is 6.05. The van der Waals surface area contributed by atoms with Crippen LogP contribution in [-0.2, 0) is 11.0 Å². The lowest BCUT2D eigenvalue weighted by atomic mass is 10.1. The van der Waals surface area contributed by atoms with Crippen LogP contribution in [0.5, 0.6) is 17.2 Å². The number of nitrogens with zero attached hydrogens (tertiary/aromatic N) is 3. The molecule has 5 rings (SSSR count). The van der Waals surface area contributed by atoms with Crippen LogP contribution in [0.4, 0.5) is 30.2 Å². The van der Waals surface area contributed by atoms with Crippen LogP contribution in [0, 0.1) is 10.1 Å². The quantitative estimate of drug-likeness (QED) is 0.111. The number of rotatable bonds is 7. The first-order valence-corrected chi connectivity index (χ1v) is 14.0. The standard InChI is InChI=1S/C30H19BrF3N3O5S/c1-41-25-15-18(14-22(31)27(25)42-24-13-12-19(30(32,33)34)17-23(24)37(39)40)16-26-28(38)36(21-10-6-3-7-11-21)29(43-26)35-20-8-4-2-5-9-20/h2-17H,1H3/b26-16-,35-29?. The Morgan fingerprint density at radius 1 is 0.977 bits per heavy atom. The first-order chi connectivity index (χ1) is 20.5. The second-order valence-corrected chi connectivity index (χ2v) is 10.8. The zero-order chi connectivity index (χ0) is 30.7. The van der Waals surface area contributed by atoms with Gasteiger partial charge in [-0.1, -0.05) is 36.4 Å². The summed E-state index contributed by atoms with van der Waals surface area (Å²) in [5, 5.41) is 12.0. The van der Waals surface area contributed by atoms with Crippen molar-refractivity contribution in [1.82, 2.24) is 0 Å². The van der Waals surface area contributed by atoms with E-state index in [0.717, 1.165) is 6.07 Å². The van der Waals surface area contributed by atoms with E-state index in [1.165, 1.54) is 29.8 Å². The molecule has 13 heteroatoms. The molecule has 0 aromatic heterocycles. The molecule has 8 nitrogen and oxygen atoms in total. The van der Waals surface area contributed by atoms with Gasteiger partial charge in [-0.15, -0.1) is 0 Å². The number of anilines is 1. The molecule has 1 amide bonds. The summed E-state index contributed by atoms with van der Waals surface area (Å²) in [6, 6.07) is 23.4. The molecule has 0 radical (unpaired) electrons. The smallest absolute Gasteiger partial charge is 0.416 e. The third-order valence-corrected chi connectivity index (χ3v) is 7.60. The summed E-state index contributed by atoms with van der Waals surface area (Å²) < 4.78 is 50.8. The van der Waals surface area contributed by atoms with E-state index < -0.39 is 28.1 Å². The number of para-hydroxylation sites is 2. The minimum absolute atomic E-state index is 0.00449. The number of nitro groups is 1. The van der Waals surface area contributed by atoms with Gasteiger partial charge in [0, 0.05) is 6.07 Å². The molecule has 1 heterocycles. The Bertz CT molecular complexity index is 1770. The molecule has 0 spiro atoms. The van der Waals surface area contributed by atoms with Crippen LogP contribution >= 0.6 is 27.7 Å². The highest BCUT2D eigenvalue weighted by Crippen LogP contribution is 2.45. The van der Waals surface area contributed by atoms with E-state index in [2.05, 4.69) is 20.9 Å². The molecule has 0 atom stereocenters. The third kappa shape index (κ3) is 6.57. The van der Waals surface area contributed by atoms with Gasteiger partial charge in [-0.2, -0.15) is 13.2 Å². The normalized spacial score (nSPS) is 15.3. The predicted molar refractivity (Wildman–Crippen MR) is 162 cm³/mol. The van der Waals surface area contributed by atoms with Crippen molar-refractivity contribution >= 4 is 61.9 Å². The number of aliphatic imine (C=N–C) groups is 1. The largest absolute Gasteiger partial charge is 0.493 e. The SMILES string of the molecule is COc1cc(/C=C2\SC(=Nc3ccccc3)N(c3ccccc3)C2=O)cc(Br)c1Oc1ccc(C(F)(F)F)cc1[N+](=O)[O-]. The number of ether oxygens (including phenoxy) is 2. The van der Waals surface area contributed by atoms with E-state index in [-0.39, 0.29) is 21.9 Å². The Balaban J connectivity index is 1.51. The Hall–Kier alpha value is -4.62. The average Bonchev–Trinajstić information content (AvgIpc) is 3.28. The number of carbonyl (C=O) groups excluding carboxylic acids is 1. The van der Waals surface area contributed by atoms with Crippen molar-refractivity contribution in [2.45, 2.75) is 6.18 Å². The van der Waals surface area contributed by atoms with Gasteiger partial charge in [-0.3, -0.25) is 19.8 Å². The number of hydrogen-bond donors (Lipinski definition) is 0. The summed E-state index contributed by atoms with van der Waals surface area (Å²) in [6.45, 7) is 0. The highest BCUT2D eigenvalue weighted by atomic mass is 79.9. The molecule has 1 aliphatic heterocycles. The zero-order valence-corrected chi connectivity index (χ0v) is 24.4. The fraction of sp³-hybridized carbons (Fsp3) is 0.0667. The molecule has 0 saturated carbocycles. The first kappa shape index (κ1) is 29.9. The number of nitro benzene ring substituents is 1. The van der Waals surface area contributed by atoms with E-state index in [0.29, 0.717) is 39.1 Å². The van der Waals surface area contributed by atoms with Crippen LogP contribution < -0.4 is 14.4 Å². The highest BCUT2D eigenvalue weighted by molar-refractivity contribution is 9.10. The van der Waals surface area contributed by atoms with Crippen molar-refractivity contribution in [2.24, 2.45) is 4.99 Å². The lowest BCUT2D eigenvalue weighted by Crippen LogP contribution is -2.28. The van der Waals surface area contributed by atoms with Crippen molar-refractivity contribution in [1.29, 1.82) is 0 Å². The Labute approximate surface area is 255 Å². The fourth-order valence-corrected chi connectivity index (χ4v) is 5.61. The van der Waals surface area contributed by atoms with Crippen molar-refractivity contribution in [3.8, 4) is 17.2 Å². The van der Waals surface area contributed by atoms with Crippen LogP contribution in [0.25, 0.3) is 6.08 Å². The number of carbonyl (C=O) groups is 1. The van der Waals surface area contributed by atoms with Gasteiger partial charge in [-0.05, 0) is 87.9 Å². The molecule has 1 saturated heterocycles. The topological polar surface area (TPSA) is 94.3 Å². The van der Waals surface area contributed by atoms with Gasteiger partial charge in [0.15, 0.2) is 16.7 Å². The summed E-state index contributed by atoms with van der Waals surface area (Å²) in [7, 11) is 1.34. The molecule has 1 aliphatic rings. The molecule has 4 aromatic rings. The average molecular weight is 670 g/mol. The Morgan fingerprint density at radius 3 is 2.28 bits per heavy atom. The summed E-state index contributed by atoms with van der Waals surface area (Å²) >= 11 is 4.54. The Kier molecular flexibility index (Phi) is 8.55. The van der Waals surface area contributed by atoms with Gasteiger partial charge in [0.05, 0.1) is 38.3 Å². The Morgan fingerprint density at radius 2 is 1.65 bits per heavy atom. The maximum atomic E-state index is 13.6. The van der Waals surface area contributed by atoms with Gasteiger partial charge in [0.25, 0.3) is 5.91 Å². The van der Waals surface area contributed by atoms with Crippen molar-refractivity contribution < 1.29 is 32.4 Å². The number of halogens is 4. The lowest BCUT2D eigenvalue weighted by molar-refractivity contribution is -0.385. The van der Waals surface area contributed by atoms with Gasteiger partial charge >= 0.3 is 11.9 Å². The molecule has 43 heavy (non-hydrogen) atoms. The zero-order valence-electron chi connectivity index (χ0n) is 22.0. The van der Waals surface area contributed by atoms with E-state index in [1.54, 1.807) is 24.3 Å². The number of amides is 1. The molecule has 0 unspecified atom stereocenters. The predicted octanol–water partition coefficient (Wildman–Crippen LogP) is 8.99. The number of benzene rings is 4. The van der Waals surface area contributed by atoms with E-state index in [1.807, 2.05) is 48.5 Å². The fourth-order valence-electron chi connectivity index (χ4n) is 4.07. The summed E-state index contributed by atoms with van der Waals surface area (Å²) in [6.07, 6.45) is -3.14. The van der Waals surface area contributed by atoms with Gasteiger partial charge in [0.1, 0.15) is 0 Å². The second kappa shape index (κ2) is 12.3. The van der Waals surface area contributed by atoms with Gasteiger partial charge < -0.3 is 9.47 Å². The maximum absolute atomic E-state index is 13.6. The molecule has 1 fully saturated rings. The number of thioether (sulfide) groups is 1. The number of hydrogen-bond acceptors (Lipinski definition) is 7. The van der Waals surface area contributed by atoms with Crippen LogP contribution in [0.15, 0.2) is 105 Å².